The van der Waals surface area contributed by atoms with Crippen LogP contribution in [0.3, 0.4) is 0 Å². The maximum absolute atomic E-state index is 15.8. The SMILES string of the molecule is COc1cc(C(C)(C)c2cnc(SCc3c(F)cc(S(=O)(=O)N(CCC[N+](C)(C)C)[C@@H](CCC(=O)[O-])C(=O)O)cc3F)n2-c2ccc(F)cc2)ccc1Cl. The van der Waals surface area contributed by atoms with Crippen molar-refractivity contribution in [2.75, 3.05) is 41.3 Å². The summed E-state index contributed by atoms with van der Waals surface area (Å²) < 4.78 is 81.4. The number of sulfonamides is 1. The second kappa shape index (κ2) is 17.1. The number of nitrogens with zero attached hydrogens (tertiary/aromatic N) is 4. The molecule has 0 spiro atoms. The first-order chi connectivity index (χ1) is 25.2. The minimum atomic E-state index is -4.85. The predicted octanol–water partition coefficient (Wildman–Crippen LogP) is 5.64. The summed E-state index contributed by atoms with van der Waals surface area (Å²) in [6.45, 7) is 3.92. The van der Waals surface area contributed by atoms with Crippen LogP contribution in [0.5, 0.6) is 5.75 Å². The summed E-state index contributed by atoms with van der Waals surface area (Å²) in [7, 11) is 2.17. The Morgan fingerprint density at radius 3 is 2.26 bits per heavy atom. The van der Waals surface area contributed by atoms with Crippen LogP contribution in [0, 0.1) is 17.5 Å². The molecule has 292 valence electrons. The number of carbonyl (C=O) groups is 2. The summed E-state index contributed by atoms with van der Waals surface area (Å²) in [5, 5.41) is 21.8. The lowest BCUT2D eigenvalue weighted by Crippen LogP contribution is -2.47. The average molecular weight is 811 g/mol. The van der Waals surface area contributed by atoms with Gasteiger partial charge in [-0.15, -0.1) is 0 Å². The summed E-state index contributed by atoms with van der Waals surface area (Å²) in [6.07, 6.45) is 0.397. The highest BCUT2D eigenvalue weighted by Crippen LogP contribution is 2.39. The number of aromatic nitrogens is 2. The Morgan fingerprint density at radius 1 is 1.07 bits per heavy atom. The maximum atomic E-state index is 15.8. The molecule has 0 aliphatic rings. The van der Waals surface area contributed by atoms with E-state index in [1.807, 2.05) is 41.1 Å². The molecule has 4 aromatic rings. The average Bonchev–Trinajstić information content (AvgIpc) is 3.51. The molecule has 1 atom stereocenters. The highest BCUT2D eigenvalue weighted by Gasteiger charge is 2.37. The quantitative estimate of drug-likeness (QED) is 0.0999. The van der Waals surface area contributed by atoms with Gasteiger partial charge in [0.2, 0.25) is 10.0 Å². The fraction of sp³-hybridized carbons (Fsp3) is 0.378. The molecule has 0 unspecified atom stereocenters. The zero-order valence-corrected chi connectivity index (χ0v) is 33.0. The Balaban J connectivity index is 1.72. The van der Waals surface area contributed by atoms with Crippen molar-refractivity contribution in [3.05, 3.63) is 100 Å². The van der Waals surface area contributed by atoms with E-state index < -0.39 is 74.2 Å². The lowest BCUT2D eigenvalue weighted by atomic mass is 9.81. The van der Waals surface area contributed by atoms with Gasteiger partial charge in [0.25, 0.3) is 0 Å². The van der Waals surface area contributed by atoms with Gasteiger partial charge in [0.1, 0.15) is 29.2 Å². The van der Waals surface area contributed by atoms with Gasteiger partial charge in [-0.1, -0.05) is 43.3 Å². The van der Waals surface area contributed by atoms with E-state index in [0.717, 1.165) is 17.3 Å². The van der Waals surface area contributed by atoms with Gasteiger partial charge in [0, 0.05) is 41.4 Å². The maximum Gasteiger partial charge on any atom is 0.322 e. The first kappa shape index (κ1) is 42.6. The van der Waals surface area contributed by atoms with Gasteiger partial charge in [0.15, 0.2) is 5.16 Å². The molecule has 0 amide bonds. The van der Waals surface area contributed by atoms with E-state index in [-0.39, 0.29) is 18.7 Å². The monoisotopic (exact) mass is 810 g/mol. The number of benzene rings is 3. The van der Waals surface area contributed by atoms with Gasteiger partial charge in [-0.05, 0) is 66.9 Å². The highest BCUT2D eigenvalue weighted by atomic mass is 35.5. The molecule has 17 heteroatoms. The third-order valence-corrected chi connectivity index (χ3v) is 12.0. The van der Waals surface area contributed by atoms with Gasteiger partial charge in [-0.2, -0.15) is 4.31 Å². The second-order valence-corrected chi connectivity index (χ2v) is 17.4. The van der Waals surface area contributed by atoms with Crippen LogP contribution in [0.2, 0.25) is 5.02 Å². The van der Waals surface area contributed by atoms with Crippen molar-refractivity contribution in [3.63, 3.8) is 0 Å². The molecule has 0 aliphatic carbocycles. The Kier molecular flexibility index (Phi) is 13.5. The molecule has 1 N–H and O–H groups in total. The first-order valence-corrected chi connectivity index (χ1v) is 19.5. The summed E-state index contributed by atoms with van der Waals surface area (Å²) in [6, 6.07) is 10.3. The molecule has 11 nitrogen and oxygen atoms in total. The third-order valence-electron chi connectivity index (χ3n) is 8.86. The minimum absolute atomic E-state index is 0.169. The first-order valence-electron chi connectivity index (χ1n) is 16.7. The fourth-order valence-electron chi connectivity index (χ4n) is 5.84. The second-order valence-electron chi connectivity index (χ2n) is 14.1. The number of hydrogen-bond acceptors (Lipinski definition) is 8. The van der Waals surface area contributed by atoms with Gasteiger partial charge in [-0.3, -0.25) is 9.36 Å². The lowest BCUT2D eigenvalue weighted by Gasteiger charge is -2.30. The number of thioether (sulfide) groups is 1. The number of halogens is 4. The van der Waals surface area contributed by atoms with Crippen LogP contribution in [-0.4, -0.2) is 91.2 Å². The minimum Gasteiger partial charge on any atom is -0.550 e. The van der Waals surface area contributed by atoms with Crippen LogP contribution in [0.15, 0.2) is 70.8 Å². The summed E-state index contributed by atoms with van der Waals surface area (Å²) in [4.78, 5) is 27.1. The largest absolute Gasteiger partial charge is 0.550 e. The zero-order chi connectivity index (χ0) is 40.2. The van der Waals surface area contributed by atoms with E-state index >= 15 is 8.78 Å². The molecule has 0 fully saturated rings. The molecule has 1 aromatic heterocycles. The lowest BCUT2D eigenvalue weighted by molar-refractivity contribution is -0.870. The summed E-state index contributed by atoms with van der Waals surface area (Å²) in [5.41, 5.74) is 0.727. The van der Waals surface area contributed by atoms with E-state index in [1.165, 1.54) is 31.4 Å². The van der Waals surface area contributed by atoms with Gasteiger partial charge in [0.05, 0.1) is 56.6 Å². The standard InChI is InChI=1S/C37H42ClF3N4O7S2/c1-37(2,23-8-13-28(38)32(18-23)52-6)33-21-42-36(44(33)25-11-9-24(39)10-12-25)53-22-27-29(40)19-26(20-30(27)41)54(50,51)43(16-7-17-45(3,4)5)31(35(48)49)14-15-34(46)47/h8-13,18-21,31H,7,14-17,22H2,1-6H3,(H-,46,47,48,49)/t31-/m0/s1. The Hall–Kier alpha value is -4.09. The van der Waals surface area contributed by atoms with E-state index in [1.54, 1.807) is 22.9 Å². The fourth-order valence-corrected chi connectivity index (χ4v) is 8.72. The van der Waals surface area contributed by atoms with Crippen molar-refractivity contribution in [2.45, 2.75) is 60.4 Å². The van der Waals surface area contributed by atoms with Crippen LogP contribution in [0.1, 0.15) is 49.9 Å². The summed E-state index contributed by atoms with van der Waals surface area (Å²) >= 11 is 7.23. The number of ether oxygens (including phenoxy) is 1. The van der Waals surface area contributed by atoms with Crippen LogP contribution < -0.4 is 9.84 Å². The van der Waals surface area contributed by atoms with Crippen molar-refractivity contribution in [1.29, 1.82) is 0 Å². The molecule has 0 saturated heterocycles. The third kappa shape index (κ3) is 9.96. The molecule has 0 aliphatic heterocycles. The van der Waals surface area contributed by atoms with E-state index in [4.69, 9.17) is 16.3 Å². The molecule has 3 aromatic carbocycles. The van der Waals surface area contributed by atoms with Gasteiger partial charge in [-0.25, -0.2) is 26.6 Å². The number of carbonyl (C=O) groups excluding carboxylic acids is 1. The normalized spacial score (nSPS) is 12.9. The number of aliphatic carboxylic acids is 2. The van der Waals surface area contributed by atoms with Crippen molar-refractivity contribution < 1.29 is 50.6 Å². The van der Waals surface area contributed by atoms with Crippen molar-refractivity contribution >= 4 is 45.3 Å². The van der Waals surface area contributed by atoms with Crippen molar-refractivity contribution in [3.8, 4) is 11.4 Å². The predicted molar refractivity (Wildman–Crippen MR) is 197 cm³/mol. The van der Waals surface area contributed by atoms with Crippen LogP contribution in [0.4, 0.5) is 13.2 Å². The Morgan fingerprint density at radius 2 is 1.70 bits per heavy atom. The number of carboxylic acid groups (broad SMARTS) is 2. The molecule has 1 heterocycles. The molecule has 4 rings (SSSR count). The van der Waals surface area contributed by atoms with Crippen LogP contribution >= 0.6 is 23.4 Å². The van der Waals surface area contributed by atoms with Crippen LogP contribution in [-0.2, 0) is 30.8 Å². The molecule has 0 bridgehead atoms. The van der Waals surface area contributed by atoms with E-state index in [0.29, 0.717) is 54.8 Å². The smallest absolute Gasteiger partial charge is 0.322 e. The number of methoxy groups -OCH3 is 1. The zero-order valence-electron chi connectivity index (χ0n) is 30.6. The van der Waals surface area contributed by atoms with E-state index in [2.05, 4.69) is 4.98 Å². The molecular weight excluding hydrogens is 769 g/mol. The summed E-state index contributed by atoms with van der Waals surface area (Å²) in [5.74, 6) is -5.98. The van der Waals surface area contributed by atoms with Gasteiger partial charge < -0.3 is 24.2 Å². The number of imidazole rings is 1. The van der Waals surface area contributed by atoms with Crippen molar-refractivity contribution in [2.24, 2.45) is 0 Å². The van der Waals surface area contributed by atoms with Crippen molar-refractivity contribution in [1.82, 2.24) is 13.9 Å². The Bertz CT molecular complexity index is 2080. The number of quaternary nitrogens is 1. The topological polar surface area (TPSA) is 142 Å². The van der Waals surface area contributed by atoms with Gasteiger partial charge >= 0.3 is 5.97 Å². The molecule has 0 radical (unpaired) electrons. The van der Waals surface area contributed by atoms with Crippen LogP contribution in [0.25, 0.3) is 5.69 Å². The Labute approximate surface area is 322 Å². The number of hydrogen-bond donors (Lipinski definition) is 1. The van der Waals surface area contributed by atoms with E-state index in [9.17, 15) is 32.6 Å². The number of carboxylic acids is 2. The molecule has 54 heavy (non-hydrogen) atoms. The molecular formula is C37H42ClF3N4O7S2. The number of rotatable bonds is 18. The molecule has 0 saturated carbocycles. The highest BCUT2D eigenvalue weighted by molar-refractivity contribution is 7.98.